The molecule has 0 aliphatic heterocycles. The van der Waals surface area contributed by atoms with Gasteiger partial charge in [0.15, 0.2) is 0 Å². The number of rotatable bonds is 4. The number of benzene rings is 2. The van der Waals surface area contributed by atoms with Crippen molar-refractivity contribution in [2.75, 3.05) is 0 Å². The molecule has 0 aliphatic rings. The van der Waals surface area contributed by atoms with E-state index in [0.29, 0.717) is 22.7 Å². The number of hydrogen-bond donors (Lipinski definition) is 1. The highest BCUT2D eigenvalue weighted by atomic mass is 35.5. The average molecular weight is 274 g/mol. The van der Waals surface area contributed by atoms with Crippen LogP contribution < -0.4 is 5.32 Å². The first-order valence-corrected chi connectivity index (χ1v) is 6.15. The van der Waals surface area contributed by atoms with E-state index in [2.05, 4.69) is 5.32 Å². The minimum absolute atomic E-state index is 0.174. The Morgan fingerprint density at radius 1 is 1.05 bits per heavy atom. The second kappa shape index (κ2) is 6.16. The van der Waals surface area contributed by atoms with Gasteiger partial charge >= 0.3 is 0 Å². The molecule has 3 nitrogen and oxygen atoms in total. The van der Waals surface area contributed by atoms with E-state index in [0.717, 1.165) is 11.8 Å². The zero-order chi connectivity index (χ0) is 13.7. The number of amides is 1. The highest BCUT2D eigenvalue weighted by molar-refractivity contribution is 6.30. The zero-order valence-electron chi connectivity index (χ0n) is 10.1. The molecule has 0 atom stereocenters. The summed E-state index contributed by atoms with van der Waals surface area (Å²) in [5.41, 5.74) is 2.05. The Morgan fingerprint density at radius 3 is 2.26 bits per heavy atom. The summed E-state index contributed by atoms with van der Waals surface area (Å²) in [6.45, 7) is 0.436. The summed E-state index contributed by atoms with van der Waals surface area (Å²) >= 11 is 5.78. The lowest BCUT2D eigenvalue weighted by Gasteiger charge is -2.05. The zero-order valence-corrected chi connectivity index (χ0v) is 10.9. The van der Waals surface area contributed by atoms with Crippen molar-refractivity contribution in [3.8, 4) is 0 Å². The van der Waals surface area contributed by atoms with Gasteiger partial charge in [-0.15, -0.1) is 0 Å². The Kier molecular flexibility index (Phi) is 4.31. The highest BCUT2D eigenvalue weighted by Crippen LogP contribution is 2.09. The molecule has 1 amide bonds. The van der Waals surface area contributed by atoms with Gasteiger partial charge in [0.25, 0.3) is 5.91 Å². The predicted molar refractivity (Wildman–Crippen MR) is 74.5 cm³/mol. The molecule has 0 saturated carbocycles. The van der Waals surface area contributed by atoms with Crippen LogP contribution in [-0.2, 0) is 6.54 Å². The Labute approximate surface area is 116 Å². The van der Waals surface area contributed by atoms with Crippen molar-refractivity contribution in [1.29, 1.82) is 0 Å². The highest BCUT2D eigenvalue weighted by Gasteiger charge is 2.04. The Bertz CT molecular complexity index is 576. The Morgan fingerprint density at radius 2 is 1.68 bits per heavy atom. The molecule has 19 heavy (non-hydrogen) atoms. The van der Waals surface area contributed by atoms with Crippen LogP contribution in [0.5, 0.6) is 0 Å². The summed E-state index contributed by atoms with van der Waals surface area (Å²) in [4.78, 5) is 22.4. The van der Waals surface area contributed by atoms with Gasteiger partial charge in [-0.2, -0.15) is 0 Å². The Hall–Kier alpha value is -2.13. The van der Waals surface area contributed by atoms with Crippen molar-refractivity contribution in [3.63, 3.8) is 0 Å². The molecule has 0 fully saturated rings. The van der Waals surface area contributed by atoms with Crippen LogP contribution in [0, 0.1) is 0 Å². The van der Waals surface area contributed by atoms with Gasteiger partial charge in [0, 0.05) is 22.7 Å². The summed E-state index contributed by atoms with van der Waals surface area (Å²) in [6, 6.07) is 13.8. The topological polar surface area (TPSA) is 46.2 Å². The minimum atomic E-state index is -0.174. The van der Waals surface area contributed by atoms with Gasteiger partial charge in [0.1, 0.15) is 6.29 Å². The Balaban J connectivity index is 1.96. The van der Waals surface area contributed by atoms with E-state index in [-0.39, 0.29) is 5.91 Å². The monoisotopic (exact) mass is 273 g/mol. The van der Waals surface area contributed by atoms with Crippen molar-refractivity contribution in [2.24, 2.45) is 0 Å². The molecule has 0 bridgehead atoms. The van der Waals surface area contributed by atoms with Crippen molar-refractivity contribution in [1.82, 2.24) is 5.32 Å². The van der Waals surface area contributed by atoms with Crippen molar-refractivity contribution >= 4 is 23.8 Å². The van der Waals surface area contributed by atoms with Crippen molar-refractivity contribution < 1.29 is 9.59 Å². The van der Waals surface area contributed by atoms with Crippen LogP contribution in [0.1, 0.15) is 26.3 Å². The van der Waals surface area contributed by atoms with Gasteiger partial charge < -0.3 is 5.32 Å². The molecule has 0 unspecified atom stereocenters. The van der Waals surface area contributed by atoms with Crippen LogP contribution in [0.3, 0.4) is 0 Å². The summed E-state index contributed by atoms with van der Waals surface area (Å²) in [5.74, 6) is -0.174. The summed E-state index contributed by atoms with van der Waals surface area (Å²) in [5, 5.41) is 3.47. The third kappa shape index (κ3) is 3.66. The second-order valence-electron chi connectivity index (χ2n) is 4.05. The van der Waals surface area contributed by atoms with Crippen LogP contribution in [-0.4, -0.2) is 12.2 Å². The minimum Gasteiger partial charge on any atom is -0.348 e. The smallest absolute Gasteiger partial charge is 0.251 e. The standard InChI is InChI=1S/C15H12ClNO2/c16-14-7-3-11(4-8-14)9-17-15(19)13-5-1-12(10-18)2-6-13/h1-8,10H,9H2,(H,17,19). The molecule has 4 heteroatoms. The van der Waals surface area contributed by atoms with E-state index in [1.807, 2.05) is 12.1 Å². The van der Waals surface area contributed by atoms with Crippen molar-refractivity contribution in [2.45, 2.75) is 6.54 Å². The molecule has 0 heterocycles. The van der Waals surface area contributed by atoms with Crippen LogP contribution >= 0.6 is 11.6 Å². The van der Waals surface area contributed by atoms with E-state index >= 15 is 0 Å². The van der Waals surface area contributed by atoms with Gasteiger partial charge in [-0.05, 0) is 29.8 Å². The molecule has 0 aliphatic carbocycles. The fraction of sp³-hybridized carbons (Fsp3) is 0.0667. The fourth-order valence-corrected chi connectivity index (χ4v) is 1.73. The average Bonchev–Trinajstić information content (AvgIpc) is 2.46. The first-order valence-electron chi connectivity index (χ1n) is 5.77. The molecule has 1 N–H and O–H groups in total. The molecule has 2 aromatic carbocycles. The van der Waals surface area contributed by atoms with Crippen LogP contribution in [0.15, 0.2) is 48.5 Å². The molecule has 0 saturated heterocycles. The number of hydrogen-bond acceptors (Lipinski definition) is 2. The van der Waals surface area contributed by atoms with Gasteiger partial charge in [-0.25, -0.2) is 0 Å². The lowest BCUT2D eigenvalue weighted by molar-refractivity contribution is 0.0950. The van der Waals surface area contributed by atoms with Gasteiger partial charge in [-0.3, -0.25) is 9.59 Å². The summed E-state index contributed by atoms with van der Waals surface area (Å²) in [6.07, 6.45) is 0.745. The molecule has 0 radical (unpaired) electrons. The molecule has 2 rings (SSSR count). The maximum atomic E-state index is 11.9. The number of aldehydes is 1. The third-order valence-corrected chi connectivity index (χ3v) is 2.93. The van der Waals surface area contributed by atoms with Gasteiger partial charge in [0.05, 0.1) is 0 Å². The number of carbonyl (C=O) groups excluding carboxylic acids is 2. The maximum absolute atomic E-state index is 11.9. The largest absolute Gasteiger partial charge is 0.348 e. The quantitative estimate of drug-likeness (QED) is 0.870. The number of carbonyl (C=O) groups is 2. The first-order chi connectivity index (χ1) is 9.19. The van der Waals surface area contributed by atoms with E-state index in [1.165, 1.54) is 0 Å². The van der Waals surface area contributed by atoms with E-state index < -0.39 is 0 Å². The summed E-state index contributed by atoms with van der Waals surface area (Å²) in [7, 11) is 0. The SMILES string of the molecule is O=Cc1ccc(C(=O)NCc2ccc(Cl)cc2)cc1. The van der Waals surface area contributed by atoms with Crippen LogP contribution in [0.2, 0.25) is 5.02 Å². The third-order valence-electron chi connectivity index (χ3n) is 2.68. The van der Waals surface area contributed by atoms with Crippen molar-refractivity contribution in [3.05, 3.63) is 70.2 Å². The first kappa shape index (κ1) is 13.3. The van der Waals surface area contributed by atoms with Crippen LogP contribution in [0.4, 0.5) is 0 Å². The van der Waals surface area contributed by atoms with Gasteiger partial charge in [-0.1, -0.05) is 35.9 Å². The van der Waals surface area contributed by atoms with E-state index in [9.17, 15) is 9.59 Å². The van der Waals surface area contributed by atoms with E-state index in [4.69, 9.17) is 11.6 Å². The second-order valence-corrected chi connectivity index (χ2v) is 4.49. The molecule has 0 aromatic heterocycles. The normalized spacial score (nSPS) is 9.95. The lowest BCUT2D eigenvalue weighted by Crippen LogP contribution is -2.22. The molecular weight excluding hydrogens is 262 g/mol. The number of halogens is 1. The fourth-order valence-electron chi connectivity index (χ4n) is 1.60. The maximum Gasteiger partial charge on any atom is 0.251 e. The number of nitrogens with one attached hydrogen (secondary N) is 1. The van der Waals surface area contributed by atoms with Crippen LogP contribution in [0.25, 0.3) is 0 Å². The predicted octanol–water partition coefficient (Wildman–Crippen LogP) is 3.08. The summed E-state index contributed by atoms with van der Waals surface area (Å²) < 4.78 is 0. The van der Waals surface area contributed by atoms with E-state index in [1.54, 1.807) is 36.4 Å². The molecular formula is C15H12ClNO2. The molecule has 96 valence electrons. The molecule has 0 spiro atoms. The van der Waals surface area contributed by atoms with Gasteiger partial charge in [0.2, 0.25) is 0 Å². The molecule has 2 aromatic rings. The lowest BCUT2D eigenvalue weighted by atomic mass is 10.1.